The van der Waals surface area contributed by atoms with Crippen LogP contribution in [0.1, 0.15) is 11.3 Å². The summed E-state index contributed by atoms with van der Waals surface area (Å²) in [6.45, 7) is 2.04. The Kier molecular flexibility index (Phi) is 3.31. The van der Waals surface area contributed by atoms with Crippen molar-refractivity contribution < 1.29 is 8.81 Å². The smallest absolute Gasteiger partial charge is 0.199 e. The Labute approximate surface area is 130 Å². The Morgan fingerprint density at radius 3 is 3.09 bits per heavy atom. The van der Waals surface area contributed by atoms with Crippen LogP contribution in [0.2, 0.25) is 0 Å². The first-order valence-corrected chi connectivity index (χ1v) is 7.97. The number of fused-ring (bicyclic) bond motifs is 1. The molecular weight excluding hydrogens is 303 g/mol. The molecule has 4 rings (SSSR count). The second-order valence-electron chi connectivity index (χ2n) is 5.46. The van der Waals surface area contributed by atoms with E-state index in [1.807, 2.05) is 6.07 Å². The van der Waals surface area contributed by atoms with E-state index in [1.54, 1.807) is 29.7 Å². The zero-order chi connectivity index (χ0) is 15.1. The minimum atomic E-state index is -0.704. The lowest BCUT2D eigenvalue weighted by Crippen LogP contribution is -2.19. The molecule has 1 aliphatic rings. The molecule has 0 spiro atoms. The second-order valence-corrected chi connectivity index (χ2v) is 6.58. The van der Waals surface area contributed by atoms with E-state index >= 15 is 0 Å². The number of nitrogen functional groups attached to an aromatic ring is 1. The first-order valence-electron chi connectivity index (χ1n) is 7.15. The molecule has 0 aliphatic carbocycles. The van der Waals surface area contributed by atoms with Gasteiger partial charge in [0.05, 0.1) is 11.6 Å². The number of alkyl halides is 1. The fraction of sp³-hybridized carbons (Fsp3) is 0.333. The van der Waals surface area contributed by atoms with E-state index in [4.69, 9.17) is 10.2 Å². The maximum Gasteiger partial charge on any atom is 0.199 e. The number of furan rings is 1. The Morgan fingerprint density at radius 2 is 2.36 bits per heavy atom. The van der Waals surface area contributed by atoms with Gasteiger partial charge in [-0.3, -0.25) is 4.90 Å². The van der Waals surface area contributed by atoms with Crippen LogP contribution >= 0.6 is 11.3 Å². The predicted octanol–water partition coefficient (Wildman–Crippen LogP) is 3.08. The third kappa shape index (κ3) is 2.46. The van der Waals surface area contributed by atoms with Gasteiger partial charge in [-0.1, -0.05) is 0 Å². The summed E-state index contributed by atoms with van der Waals surface area (Å²) in [6, 6.07) is 5.60. The van der Waals surface area contributed by atoms with Gasteiger partial charge in [0.15, 0.2) is 11.6 Å². The highest BCUT2D eigenvalue weighted by atomic mass is 32.1. The van der Waals surface area contributed by atoms with E-state index in [9.17, 15) is 4.39 Å². The van der Waals surface area contributed by atoms with Gasteiger partial charge in [0.2, 0.25) is 0 Å². The molecule has 0 amide bonds. The van der Waals surface area contributed by atoms with Gasteiger partial charge in [0.1, 0.15) is 16.8 Å². The highest BCUT2D eigenvalue weighted by molar-refractivity contribution is 7.18. The summed E-state index contributed by atoms with van der Waals surface area (Å²) in [7, 11) is 0. The van der Waals surface area contributed by atoms with Crippen molar-refractivity contribution in [3.63, 3.8) is 0 Å². The molecule has 7 heteroatoms. The minimum Gasteiger partial charge on any atom is -0.461 e. The molecule has 1 aliphatic heterocycles. The fourth-order valence-electron chi connectivity index (χ4n) is 2.74. The molecule has 2 N–H and O–H groups in total. The Hall–Kier alpha value is -1.99. The SMILES string of the molecule is Nc1nc(-c2ccco2)nc2sc(CN3CC[C@H](F)C3)cc12. The second kappa shape index (κ2) is 5.33. The molecule has 0 bridgehead atoms. The summed E-state index contributed by atoms with van der Waals surface area (Å²) < 4.78 is 18.6. The molecule has 0 radical (unpaired) electrons. The molecule has 1 saturated heterocycles. The normalized spacial score (nSPS) is 19.2. The zero-order valence-corrected chi connectivity index (χ0v) is 12.6. The van der Waals surface area contributed by atoms with Crippen molar-refractivity contribution in [2.75, 3.05) is 18.8 Å². The van der Waals surface area contributed by atoms with Crippen molar-refractivity contribution >= 4 is 27.4 Å². The quantitative estimate of drug-likeness (QED) is 0.804. The fourth-order valence-corrected chi connectivity index (χ4v) is 3.81. The topological polar surface area (TPSA) is 68.2 Å². The molecule has 22 heavy (non-hydrogen) atoms. The van der Waals surface area contributed by atoms with Gasteiger partial charge in [0.25, 0.3) is 0 Å². The number of nitrogens with zero attached hydrogens (tertiary/aromatic N) is 3. The molecule has 114 valence electrons. The van der Waals surface area contributed by atoms with Gasteiger partial charge in [-0.25, -0.2) is 14.4 Å². The minimum absolute atomic E-state index is 0.448. The summed E-state index contributed by atoms with van der Waals surface area (Å²) in [4.78, 5) is 12.9. The maximum absolute atomic E-state index is 13.3. The maximum atomic E-state index is 13.3. The average Bonchev–Trinajstić information content (AvgIpc) is 3.19. The Balaban J connectivity index is 1.67. The van der Waals surface area contributed by atoms with E-state index in [2.05, 4.69) is 14.9 Å². The molecule has 4 heterocycles. The monoisotopic (exact) mass is 318 g/mol. The number of hydrogen-bond donors (Lipinski definition) is 1. The van der Waals surface area contributed by atoms with E-state index in [1.165, 1.54) is 0 Å². The van der Waals surface area contributed by atoms with Crippen molar-refractivity contribution in [2.45, 2.75) is 19.1 Å². The van der Waals surface area contributed by atoms with Crippen LogP contribution in [0.3, 0.4) is 0 Å². The van der Waals surface area contributed by atoms with Gasteiger partial charge < -0.3 is 10.2 Å². The van der Waals surface area contributed by atoms with Crippen LogP contribution in [0, 0.1) is 0 Å². The number of hydrogen-bond acceptors (Lipinski definition) is 6. The number of halogens is 1. The van der Waals surface area contributed by atoms with Crippen LogP contribution in [-0.2, 0) is 6.54 Å². The van der Waals surface area contributed by atoms with Crippen molar-refractivity contribution in [1.82, 2.24) is 14.9 Å². The third-order valence-electron chi connectivity index (χ3n) is 3.81. The summed E-state index contributed by atoms with van der Waals surface area (Å²) in [5.41, 5.74) is 6.05. The van der Waals surface area contributed by atoms with Crippen molar-refractivity contribution in [2.24, 2.45) is 0 Å². The van der Waals surface area contributed by atoms with E-state index in [-0.39, 0.29) is 0 Å². The number of thiophene rings is 1. The van der Waals surface area contributed by atoms with Crippen molar-refractivity contribution in [1.29, 1.82) is 0 Å². The standard InChI is InChI=1S/C15H15FN4OS/c16-9-3-4-20(7-9)8-10-6-11-13(17)18-14(19-15(11)22-10)12-2-1-5-21-12/h1-2,5-6,9H,3-4,7-8H2,(H2,17,18,19)/t9-/m0/s1. The number of anilines is 1. The number of aromatic nitrogens is 2. The van der Waals surface area contributed by atoms with Crippen LogP contribution in [0.4, 0.5) is 10.2 Å². The molecule has 1 fully saturated rings. The lowest BCUT2D eigenvalue weighted by atomic mass is 10.3. The van der Waals surface area contributed by atoms with Gasteiger partial charge in [-0.2, -0.15) is 0 Å². The van der Waals surface area contributed by atoms with Crippen LogP contribution < -0.4 is 5.73 Å². The Morgan fingerprint density at radius 1 is 1.45 bits per heavy atom. The summed E-state index contributed by atoms with van der Waals surface area (Å²) in [6.07, 6.45) is 1.50. The molecule has 3 aromatic rings. The molecule has 3 aromatic heterocycles. The van der Waals surface area contributed by atoms with Crippen molar-refractivity contribution in [3.05, 3.63) is 29.3 Å². The summed E-state index contributed by atoms with van der Waals surface area (Å²) in [5.74, 6) is 1.54. The largest absolute Gasteiger partial charge is 0.461 e. The molecule has 0 unspecified atom stereocenters. The lowest BCUT2D eigenvalue weighted by molar-refractivity contribution is 0.284. The number of likely N-dealkylation sites (tertiary alicyclic amines) is 1. The van der Waals surface area contributed by atoms with Crippen LogP contribution in [-0.4, -0.2) is 34.1 Å². The summed E-state index contributed by atoms with van der Waals surface area (Å²) in [5, 5.41) is 0.853. The Bertz CT molecular complexity index is 801. The van der Waals surface area contributed by atoms with Gasteiger partial charge in [-0.15, -0.1) is 11.3 Å². The first kappa shape index (κ1) is 13.7. The highest BCUT2D eigenvalue weighted by Crippen LogP contribution is 2.31. The van der Waals surface area contributed by atoms with Crippen molar-refractivity contribution in [3.8, 4) is 11.6 Å². The lowest BCUT2D eigenvalue weighted by Gasteiger charge is -2.12. The third-order valence-corrected chi connectivity index (χ3v) is 4.82. The molecular formula is C15H15FN4OS. The molecule has 0 aromatic carbocycles. The van der Waals surface area contributed by atoms with Crippen LogP contribution in [0.15, 0.2) is 28.9 Å². The number of rotatable bonds is 3. The molecule has 5 nitrogen and oxygen atoms in total. The van der Waals surface area contributed by atoms with Crippen LogP contribution in [0.25, 0.3) is 21.8 Å². The molecule has 0 saturated carbocycles. The highest BCUT2D eigenvalue weighted by Gasteiger charge is 2.22. The van der Waals surface area contributed by atoms with E-state index in [0.717, 1.165) is 28.2 Å². The van der Waals surface area contributed by atoms with E-state index in [0.29, 0.717) is 30.4 Å². The average molecular weight is 318 g/mol. The van der Waals surface area contributed by atoms with Gasteiger partial charge >= 0.3 is 0 Å². The number of nitrogens with two attached hydrogens (primary N) is 1. The van der Waals surface area contributed by atoms with Gasteiger partial charge in [0, 0.05) is 24.5 Å². The predicted molar refractivity (Wildman–Crippen MR) is 84.3 cm³/mol. The van der Waals surface area contributed by atoms with E-state index < -0.39 is 6.17 Å². The zero-order valence-electron chi connectivity index (χ0n) is 11.8. The van der Waals surface area contributed by atoms with Gasteiger partial charge in [-0.05, 0) is 24.6 Å². The van der Waals surface area contributed by atoms with Crippen LogP contribution in [0.5, 0.6) is 0 Å². The first-order chi connectivity index (χ1) is 10.7. The summed E-state index contributed by atoms with van der Waals surface area (Å²) >= 11 is 1.57. The molecule has 1 atom stereocenters.